The fourth-order valence-electron chi connectivity index (χ4n) is 2.63. The minimum absolute atomic E-state index is 0.677. The van der Waals surface area contributed by atoms with Crippen LogP contribution >= 0.6 is 7.59 Å². The number of ether oxygens (including phenoxy) is 3. The number of anilines is 3. The van der Waals surface area contributed by atoms with Crippen molar-refractivity contribution >= 4 is 24.7 Å². The molecule has 0 spiro atoms. The van der Waals surface area contributed by atoms with Crippen LogP contribution in [0, 0.1) is 0 Å². The van der Waals surface area contributed by atoms with E-state index in [9.17, 15) is 4.57 Å². The molecule has 0 saturated heterocycles. The Balaban J connectivity index is 1.85. The average molecular weight is 413 g/mol. The van der Waals surface area contributed by atoms with E-state index in [1.165, 1.54) is 0 Å². The number of rotatable bonds is 9. The summed E-state index contributed by atoms with van der Waals surface area (Å²) in [4.78, 5) is 0. The Morgan fingerprint density at radius 3 is 0.966 bits per heavy atom. The van der Waals surface area contributed by atoms with Gasteiger partial charge in [0.05, 0.1) is 21.3 Å². The van der Waals surface area contributed by atoms with E-state index in [-0.39, 0.29) is 0 Å². The van der Waals surface area contributed by atoms with E-state index in [1.807, 2.05) is 0 Å². The van der Waals surface area contributed by atoms with Crippen LogP contribution < -0.4 is 29.5 Å². The molecule has 3 aromatic carbocycles. The molecule has 152 valence electrons. The minimum atomic E-state index is -3.33. The van der Waals surface area contributed by atoms with E-state index in [1.54, 1.807) is 94.1 Å². The number of hydrogen-bond acceptors (Lipinski definition) is 4. The zero-order valence-electron chi connectivity index (χ0n) is 16.5. The van der Waals surface area contributed by atoms with Crippen molar-refractivity contribution < 1.29 is 18.8 Å². The summed E-state index contributed by atoms with van der Waals surface area (Å²) in [6.07, 6.45) is 0. The zero-order chi connectivity index (χ0) is 20.7. The molecule has 3 aromatic rings. The molecule has 0 aliphatic rings. The smallest absolute Gasteiger partial charge is 0.352 e. The van der Waals surface area contributed by atoms with Crippen molar-refractivity contribution in [2.45, 2.75) is 0 Å². The van der Waals surface area contributed by atoms with Gasteiger partial charge in [0.1, 0.15) is 17.2 Å². The second-order valence-electron chi connectivity index (χ2n) is 6.13. The maximum Gasteiger partial charge on any atom is 0.352 e. The Labute approximate surface area is 170 Å². The van der Waals surface area contributed by atoms with Crippen LogP contribution in [0.15, 0.2) is 72.8 Å². The number of hydrogen-bond donors (Lipinski definition) is 3. The van der Waals surface area contributed by atoms with Crippen molar-refractivity contribution in [2.75, 3.05) is 36.6 Å². The Morgan fingerprint density at radius 2 is 0.759 bits per heavy atom. The van der Waals surface area contributed by atoms with E-state index in [0.717, 1.165) is 17.2 Å². The van der Waals surface area contributed by atoms with Gasteiger partial charge < -0.3 is 29.5 Å². The molecule has 8 heteroatoms. The van der Waals surface area contributed by atoms with Gasteiger partial charge in [-0.05, 0) is 72.8 Å². The standard InChI is InChI=1S/C21H24N3O4P/c1-26-19-10-4-16(5-11-19)22-29(25,23-17-6-12-20(27-2)13-7-17)24-18-8-14-21(28-3)15-9-18/h4-15H,1-3H3,(H3,22,23,24,25). The highest BCUT2D eigenvalue weighted by atomic mass is 31.2. The summed E-state index contributed by atoms with van der Waals surface area (Å²) in [6, 6.07) is 21.6. The van der Waals surface area contributed by atoms with E-state index in [4.69, 9.17) is 14.2 Å². The second kappa shape index (κ2) is 9.26. The Hall–Kier alpha value is -3.31. The van der Waals surface area contributed by atoms with Crippen LogP contribution in [0.2, 0.25) is 0 Å². The lowest BCUT2D eigenvalue weighted by Crippen LogP contribution is -2.14. The topological polar surface area (TPSA) is 80.9 Å². The average Bonchev–Trinajstić information content (AvgIpc) is 2.75. The third kappa shape index (κ3) is 5.59. The molecule has 7 nitrogen and oxygen atoms in total. The Bertz CT molecular complexity index is 834. The molecule has 0 fully saturated rings. The number of nitrogens with one attached hydrogen (secondary N) is 3. The first-order valence-corrected chi connectivity index (χ1v) is 10.6. The zero-order valence-corrected chi connectivity index (χ0v) is 17.4. The van der Waals surface area contributed by atoms with Gasteiger partial charge in [-0.1, -0.05) is 0 Å². The highest BCUT2D eigenvalue weighted by Gasteiger charge is 2.22. The van der Waals surface area contributed by atoms with Gasteiger partial charge in [-0.15, -0.1) is 0 Å². The van der Waals surface area contributed by atoms with Crippen LogP contribution in [0.1, 0.15) is 0 Å². The number of benzene rings is 3. The molecular formula is C21H24N3O4P. The molecule has 3 N–H and O–H groups in total. The molecule has 0 aliphatic carbocycles. The fraction of sp³-hybridized carbons (Fsp3) is 0.143. The van der Waals surface area contributed by atoms with Crippen molar-refractivity contribution in [1.82, 2.24) is 0 Å². The third-order valence-corrected chi connectivity index (χ3v) is 5.85. The van der Waals surface area contributed by atoms with Gasteiger partial charge in [-0.3, -0.25) is 4.57 Å². The summed E-state index contributed by atoms with van der Waals surface area (Å²) in [5, 5.41) is 9.23. The van der Waals surface area contributed by atoms with Gasteiger partial charge in [0, 0.05) is 17.1 Å². The molecule has 0 saturated carbocycles. The van der Waals surface area contributed by atoms with E-state index >= 15 is 0 Å². The summed E-state index contributed by atoms with van der Waals surface area (Å²) in [6.45, 7) is 0. The largest absolute Gasteiger partial charge is 0.497 e. The molecule has 0 aliphatic heterocycles. The molecule has 0 amide bonds. The van der Waals surface area contributed by atoms with Crippen LogP contribution in [0.3, 0.4) is 0 Å². The van der Waals surface area contributed by atoms with E-state index in [2.05, 4.69) is 15.3 Å². The van der Waals surface area contributed by atoms with Gasteiger partial charge in [0.15, 0.2) is 0 Å². The molecule has 0 radical (unpaired) electrons. The summed E-state index contributed by atoms with van der Waals surface area (Å²) in [7, 11) is 1.47. The SMILES string of the molecule is COc1ccc(NP(=O)(Nc2ccc(OC)cc2)Nc2ccc(OC)cc2)cc1. The lowest BCUT2D eigenvalue weighted by atomic mass is 10.3. The summed E-state index contributed by atoms with van der Waals surface area (Å²) in [5.41, 5.74) is 2.03. The fourth-order valence-corrected chi connectivity index (χ4v) is 4.33. The lowest BCUT2D eigenvalue weighted by Gasteiger charge is -2.24. The molecule has 0 aromatic heterocycles. The highest BCUT2D eigenvalue weighted by molar-refractivity contribution is 7.68. The van der Waals surface area contributed by atoms with E-state index < -0.39 is 7.59 Å². The molecule has 0 atom stereocenters. The quantitative estimate of drug-likeness (QED) is 0.402. The van der Waals surface area contributed by atoms with Gasteiger partial charge in [-0.25, -0.2) is 0 Å². The molecule has 29 heavy (non-hydrogen) atoms. The molecule has 0 heterocycles. The van der Waals surface area contributed by atoms with Crippen molar-refractivity contribution in [3.05, 3.63) is 72.8 Å². The van der Waals surface area contributed by atoms with Crippen LogP contribution in [-0.2, 0) is 4.57 Å². The predicted molar refractivity (Wildman–Crippen MR) is 117 cm³/mol. The first-order valence-electron chi connectivity index (χ1n) is 8.90. The monoisotopic (exact) mass is 413 g/mol. The molecule has 3 rings (SSSR count). The Kier molecular flexibility index (Phi) is 6.52. The third-order valence-electron chi connectivity index (χ3n) is 4.13. The van der Waals surface area contributed by atoms with Crippen LogP contribution in [0.4, 0.5) is 17.1 Å². The normalized spacial score (nSPS) is 10.7. The second-order valence-corrected chi connectivity index (χ2v) is 8.02. The van der Waals surface area contributed by atoms with Crippen molar-refractivity contribution in [1.29, 1.82) is 0 Å². The van der Waals surface area contributed by atoms with Crippen molar-refractivity contribution in [2.24, 2.45) is 0 Å². The first-order chi connectivity index (χ1) is 14.0. The summed E-state index contributed by atoms with van der Waals surface area (Å²) >= 11 is 0. The van der Waals surface area contributed by atoms with Crippen LogP contribution in [-0.4, -0.2) is 21.3 Å². The number of methoxy groups -OCH3 is 3. The van der Waals surface area contributed by atoms with Gasteiger partial charge >= 0.3 is 7.59 Å². The first kappa shape index (κ1) is 20.4. The van der Waals surface area contributed by atoms with Crippen molar-refractivity contribution in [3.8, 4) is 17.2 Å². The summed E-state index contributed by atoms with van der Waals surface area (Å²) < 4.78 is 29.3. The Morgan fingerprint density at radius 1 is 0.517 bits per heavy atom. The molecular weight excluding hydrogens is 389 g/mol. The van der Waals surface area contributed by atoms with Gasteiger partial charge in [0.2, 0.25) is 0 Å². The maximum absolute atomic E-state index is 13.8. The lowest BCUT2D eigenvalue weighted by molar-refractivity contribution is 0.415. The van der Waals surface area contributed by atoms with Gasteiger partial charge in [0.25, 0.3) is 0 Å². The predicted octanol–water partition coefficient (Wildman–Crippen LogP) is 5.46. The van der Waals surface area contributed by atoms with E-state index in [0.29, 0.717) is 17.1 Å². The maximum atomic E-state index is 13.8. The minimum Gasteiger partial charge on any atom is -0.497 e. The van der Waals surface area contributed by atoms with Crippen LogP contribution in [0.25, 0.3) is 0 Å². The summed E-state index contributed by atoms with van der Waals surface area (Å²) in [5.74, 6) is 2.16. The van der Waals surface area contributed by atoms with Crippen LogP contribution in [0.5, 0.6) is 17.2 Å². The molecule has 0 unspecified atom stereocenters. The molecule has 0 bridgehead atoms. The highest BCUT2D eigenvalue weighted by Crippen LogP contribution is 2.46. The van der Waals surface area contributed by atoms with Gasteiger partial charge in [-0.2, -0.15) is 0 Å². The van der Waals surface area contributed by atoms with Crippen molar-refractivity contribution in [3.63, 3.8) is 0 Å².